The first-order valence-electron chi connectivity index (χ1n) is 6.51. The van der Waals surface area contributed by atoms with Crippen LogP contribution in [0.2, 0.25) is 0 Å². The number of thiophene rings is 1. The number of benzene rings is 2. The van der Waals surface area contributed by atoms with Crippen molar-refractivity contribution < 1.29 is 19.1 Å². The van der Waals surface area contributed by atoms with E-state index in [-0.39, 0.29) is 5.82 Å². The van der Waals surface area contributed by atoms with Crippen LogP contribution in [0.1, 0.15) is 15.2 Å². The highest BCUT2D eigenvalue weighted by Crippen LogP contribution is 2.27. The first-order chi connectivity index (χ1) is 10.7. The average molecular weight is 317 g/mol. The van der Waals surface area contributed by atoms with Gasteiger partial charge >= 0.3 is 0 Å². The van der Waals surface area contributed by atoms with Gasteiger partial charge < -0.3 is 4.74 Å². The van der Waals surface area contributed by atoms with Crippen LogP contribution in [0.15, 0.2) is 48.5 Å². The van der Waals surface area contributed by atoms with Crippen LogP contribution in [0.5, 0.6) is 5.75 Å². The van der Waals surface area contributed by atoms with Gasteiger partial charge in [0, 0.05) is 4.70 Å². The molecule has 0 aliphatic rings. The molecule has 4 nitrogen and oxygen atoms in total. The van der Waals surface area contributed by atoms with Gasteiger partial charge in [-0.25, -0.2) is 9.87 Å². The molecule has 0 saturated carbocycles. The summed E-state index contributed by atoms with van der Waals surface area (Å²) in [6, 6.07) is 13.3. The normalized spacial score (nSPS) is 10.6. The molecule has 0 atom stereocenters. The second-order valence-electron chi connectivity index (χ2n) is 4.67. The maximum Gasteiger partial charge on any atom is 0.284 e. The Morgan fingerprint density at radius 2 is 1.95 bits per heavy atom. The first-order valence-corrected chi connectivity index (χ1v) is 7.32. The summed E-state index contributed by atoms with van der Waals surface area (Å²) >= 11 is 1.29. The Balaban J connectivity index is 1.76. The Bertz CT molecular complexity index is 814. The van der Waals surface area contributed by atoms with Gasteiger partial charge in [0.1, 0.15) is 18.2 Å². The molecule has 2 aromatic carbocycles. The van der Waals surface area contributed by atoms with Crippen molar-refractivity contribution >= 4 is 27.3 Å². The third-order valence-electron chi connectivity index (χ3n) is 3.13. The number of hydrogen-bond acceptors (Lipinski definition) is 4. The van der Waals surface area contributed by atoms with Crippen LogP contribution in [0.3, 0.4) is 0 Å². The summed E-state index contributed by atoms with van der Waals surface area (Å²) in [5.41, 5.74) is 2.56. The maximum atomic E-state index is 12.8. The van der Waals surface area contributed by atoms with Crippen LogP contribution in [0, 0.1) is 5.82 Å². The average Bonchev–Trinajstić information content (AvgIpc) is 2.96. The van der Waals surface area contributed by atoms with E-state index in [9.17, 15) is 9.18 Å². The van der Waals surface area contributed by atoms with E-state index in [2.05, 4.69) is 0 Å². The topological polar surface area (TPSA) is 58.6 Å². The zero-order chi connectivity index (χ0) is 15.5. The smallest absolute Gasteiger partial charge is 0.284 e. The van der Waals surface area contributed by atoms with Gasteiger partial charge in [-0.15, -0.1) is 11.3 Å². The standard InChI is InChI=1S/C16H12FNO3S/c17-12-3-5-13(6-4-12)21-9-10-1-2-11-8-15(16(19)18-20)22-14(11)7-10/h1-8,20H,9H2,(H,18,19). The van der Waals surface area contributed by atoms with Crippen LogP contribution in [-0.4, -0.2) is 11.1 Å². The number of carbonyl (C=O) groups excluding carboxylic acids is 1. The van der Waals surface area contributed by atoms with Gasteiger partial charge in [0.2, 0.25) is 0 Å². The van der Waals surface area contributed by atoms with E-state index in [0.717, 1.165) is 15.6 Å². The fourth-order valence-corrected chi connectivity index (χ4v) is 3.05. The molecule has 3 aromatic rings. The third kappa shape index (κ3) is 3.08. The Kier molecular flexibility index (Phi) is 4.04. The zero-order valence-electron chi connectivity index (χ0n) is 11.4. The lowest BCUT2D eigenvalue weighted by atomic mass is 10.2. The van der Waals surface area contributed by atoms with E-state index in [0.29, 0.717) is 17.2 Å². The predicted molar refractivity (Wildman–Crippen MR) is 81.8 cm³/mol. The van der Waals surface area contributed by atoms with Crippen molar-refractivity contribution in [1.82, 2.24) is 5.48 Å². The van der Waals surface area contributed by atoms with Crippen LogP contribution in [0.4, 0.5) is 4.39 Å². The van der Waals surface area contributed by atoms with Crippen LogP contribution in [0.25, 0.3) is 10.1 Å². The van der Waals surface area contributed by atoms with Crippen molar-refractivity contribution in [2.75, 3.05) is 0 Å². The molecule has 3 rings (SSSR count). The molecule has 1 aromatic heterocycles. The highest BCUT2D eigenvalue weighted by atomic mass is 32.1. The summed E-state index contributed by atoms with van der Waals surface area (Å²) < 4.78 is 19.3. The molecule has 1 amide bonds. The summed E-state index contributed by atoms with van der Waals surface area (Å²) in [6.45, 7) is 0.348. The van der Waals surface area contributed by atoms with E-state index in [4.69, 9.17) is 9.94 Å². The maximum absolute atomic E-state index is 12.8. The minimum Gasteiger partial charge on any atom is -0.489 e. The van der Waals surface area contributed by atoms with E-state index >= 15 is 0 Å². The van der Waals surface area contributed by atoms with Crippen molar-refractivity contribution in [3.05, 3.63) is 64.8 Å². The molecule has 0 radical (unpaired) electrons. The second-order valence-corrected chi connectivity index (χ2v) is 5.75. The Hall–Kier alpha value is -2.44. The predicted octanol–water partition coefficient (Wildman–Crippen LogP) is 3.74. The van der Waals surface area contributed by atoms with Crippen molar-refractivity contribution in [3.8, 4) is 5.75 Å². The van der Waals surface area contributed by atoms with Gasteiger partial charge in [0.05, 0.1) is 4.88 Å². The molecule has 0 spiro atoms. The number of ether oxygens (including phenoxy) is 1. The van der Waals surface area contributed by atoms with Crippen molar-refractivity contribution in [3.63, 3.8) is 0 Å². The van der Waals surface area contributed by atoms with Gasteiger partial charge in [0.25, 0.3) is 5.91 Å². The van der Waals surface area contributed by atoms with Gasteiger partial charge in [-0.2, -0.15) is 0 Å². The van der Waals surface area contributed by atoms with Gasteiger partial charge in [-0.3, -0.25) is 10.0 Å². The number of amides is 1. The van der Waals surface area contributed by atoms with Gasteiger partial charge in [-0.1, -0.05) is 12.1 Å². The SMILES string of the molecule is O=C(NO)c1cc2ccc(COc3ccc(F)cc3)cc2s1. The van der Waals surface area contributed by atoms with Gasteiger partial charge in [-0.05, 0) is 47.3 Å². The third-order valence-corrected chi connectivity index (χ3v) is 4.23. The number of hydroxylamine groups is 1. The monoisotopic (exact) mass is 317 g/mol. The summed E-state index contributed by atoms with van der Waals surface area (Å²) in [4.78, 5) is 11.8. The number of hydrogen-bond donors (Lipinski definition) is 2. The summed E-state index contributed by atoms with van der Waals surface area (Å²) in [6.07, 6.45) is 0. The first kappa shape index (κ1) is 14.5. The summed E-state index contributed by atoms with van der Waals surface area (Å²) in [5.74, 6) is -0.236. The Morgan fingerprint density at radius 3 is 2.68 bits per heavy atom. The molecule has 0 bridgehead atoms. The number of carbonyl (C=O) groups is 1. The molecule has 0 fully saturated rings. The number of nitrogens with one attached hydrogen (secondary N) is 1. The molecule has 2 N–H and O–H groups in total. The fourth-order valence-electron chi connectivity index (χ4n) is 2.03. The molecule has 22 heavy (non-hydrogen) atoms. The molecular formula is C16H12FNO3S. The molecule has 0 saturated heterocycles. The molecular weight excluding hydrogens is 305 g/mol. The lowest BCUT2D eigenvalue weighted by molar-refractivity contribution is 0.0711. The largest absolute Gasteiger partial charge is 0.489 e. The lowest BCUT2D eigenvalue weighted by Crippen LogP contribution is -2.16. The van der Waals surface area contributed by atoms with E-state index in [1.54, 1.807) is 23.7 Å². The summed E-state index contributed by atoms with van der Waals surface area (Å²) in [5, 5.41) is 9.58. The quantitative estimate of drug-likeness (QED) is 0.569. The fraction of sp³-hybridized carbons (Fsp3) is 0.0625. The van der Waals surface area contributed by atoms with Crippen molar-refractivity contribution in [2.45, 2.75) is 6.61 Å². The minimum atomic E-state index is -0.523. The molecule has 0 aliphatic carbocycles. The highest BCUT2D eigenvalue weighted by Gasteiger charge is 2.09. The number of fused-ring (bicyclic) bond motifs is 1. The van der Waals surface area contributed by atoms with E-state index in [1.807, 2.05) is 18.2 Å². The van der Waals surface area contributed by atoms with Crippen LogP contribution >= 0.6 is 11.3 Å². The molecule has 6 heteroatoms. The molecule has 0 aliphatic heterocycles. The van der Waals surface area contributed by atoms with Crippen molar-refractivity contribution in [2.24, 2.45) is 0 Å². The summed E-state index contributed by atoms with van der Waals surface area (Å²) in [7, 11) is 0. The molecule has 112 valence electrons. The Morgan fingerprint density at radius 1 is 1.18 bits per heavy atom. The lowest BCUT2D eigenvalue weighted by Gasteiger charge is -2.06. The Labute approximate surface area is 129 Å². The minimum absolute atomic E-state index is 0.304. The zero-order valence-corrected chi connectivity index (χ0v) is 12.2. The second kappa shape index (κ2) is 6.13. The van der Waals surface area contributed by atoms with Crippen molar-refractivity contribution in [1.29, 1.82) is 0 Å². The highest BCUT2D eigenvalue weighted by molar-refractivity contribution is 7.20. The van der Waals surface area contributed by atoms with Crippen LogP contribution in [-0.2, 0) is 6.61 Å². The van der Waals surface area contributed by atoms with E-state index < -0.39 is 5.91 Å². The number of rotatable bonds is 4. The molecule has 0 unspecified atom stereocenters. The van der Waals surface area contributed by atoms with Gasteiger partial charge in [0.15, 0.2) is 0 Å². The molecule has 1 heterocycles. The number of halogens is 1. The van der Waals surface area contributed by atoms with Crippen LogP contribution < -0.4 is 10.2 Å². The van der Waals surface area contributed by atoms with E-state index in [1.165, 1.54) is 23.5 Å².